The summed E-state index contributed by atoms with van der Waals surface area (Å²) in [6, 6.07) is 4.30. The van der Waals surface area contributed by atoms with E-state index in [1.807, 2.05) is 17.2 Å². The van der Waals surface area contributed by atoms with Crippen molar-refractivity contribution in [2.45, 2.75) is 38.3 Å². The van der Waals surface area contributed by atoms with Gasteiger partial charge in [-0.3, -0.25) is 14.7 Å². The molecule has 0 spiro atoms. The van der Waals surface area contributed by atoms with Crippen LogP contribution in [-0.2, 0) is 11.3 Å². The lowest BCUT2D eigenvalue weighted by Gasteiger charge is -2.37. The zero-order valence-corrected chi connectivity index (χ0v) is 14.4. The van der Waals surface area contributed by atoms with Crippen molar-refractivity contribution in [1.29, 1.82) is 0 Å². The lowest BCUT2D eigenvalue weighted by molar-refractivity contribution is -0.138. The van der Waals surface area contributed by atoms with E-state index in [-0.39, 0.29) is 24.4 Å². The molecule has 1 aromatic rings. The van der Waals surface area contributed by atoms with E-state index in [9.17, 15) is 4.79 Å². The molecule has 0 bridgehead atoms. The third kappa shape index (κ3) is 4.90. The number of piperazine rings is 1. The quantitative estimate of drug-likeness (QED) is 0.910. The molecule has 1 saturated carbocycles. The van der Waals surface area contributed by atoms with Crippen molar-refractivity contribution in [3.05, 3.63) is 30.1 Å². The van der Waals surface area contributed by atoms with Gasteiger partial charge in [0, 0.05) is 57.1 Å². The standard InChI is InChI=1S/C17H26N4O.ClH/c18-16-5-1-4-15(11-16)17(22)21-9-7-20(8-10-21)13-14-3-2-6-19-12-14;/h2-3,6,12,15-16H,1,4-5,7-11,13,18H2;1H. The Kier molecular flexibility index (Phi) is 6.81. The van der Waals surface area contributed by atoms with Gasteiger partial charge >= 0.3 is 0 Å². The van der Waals surface area contributed by atoms with Crippen molar-refractivity contribution in [3.63, 3.8) is 0 Å². The Labute approximate surface area is 144 Å². The van der Waals surface area contributed by atoms with Gasteiger partial charge in [0.05, 0.1) is 0 Å². The van der Waals surface area contributed by atoms with Crippen LogP contribution in [0.5, 0.6) is 0 Å². The fraction of sp³-hybridized carbons (Fsp3) is 0.647. The van der Waals surface area contributed by atoms with Crippen LogP contribution in [0.25, 0.3) is 0 Å². The Morgan fingerprint density at radius 3 is 2.70 bits per heavy atom. The van der Waals surface area contributed by atoms with Crippen molar-refractivity contribution in [3.8, 4) is 0 Å². The van der Waals surface area contributed by atoms with Crippen LogP contribution >= 0.6 is 12.4 Å². The first-order chi connectivity index (χ1) is 10.7. The van der Waals surface area contributed by atoms with Crippen LogP contribution in [0.3, 0.4) is 0 Å². The first-order valence-electron chi connectivity index (χ1n) is 8.38. The minimum atomic E-state index is 0. The average molecular weight is 339 g/mol. The molecule has 2 atom stereocenters. The van der Waals surface area contributed by atoms with Crippen molar-refractivity contribution < 1.29 is 4.79 Å². The lowest BCUT2D eigenvalue weighted by atomic mass is 9.85. The highest BCUT2D eigenvalue weighted by Crippen LogP contribution is 2.25. The molecule has 2 unspecified atom stereocenters. The van der Waals surface area contributed by atoms with Crippen LogP contribution in [0, 0.1) is 5.92 Å². The minimum Gasteiger partial charge on any atom is -0.340 e. The fourth-order valence-corrected chi connectivity index (χ4v) is 3.59. The summed E-state index contributed by atoms with van der Waals surface area (Å²) >= 11 is 0. The van der Waals surface area contributed by atoms with Crippen LogP contribution in [0.2, 0.25) is 0 Å². The number of hydrogen-bond acceptors (Lipinski definition) is 4. The van der Waals surface area contributed by atoms with Crippen LogP contribution in [0.4, 0.5) is 0 Å². The SMILES string of the molecule is Cl.NC1CCCC(C(=O)N2CCN(Cc3cccnc3)CC2)C1. The van der Waals surface area contributed by atoms with E-state index < -0.39 is 0 Å². The summed E-state index contributed by atoms with van der Waals surface area (Å²) in [5, 5.41) is 0. The molecular weight excluding hydrogens is 312 g/mol. The summed E-state index contributed by atoms with van der Waals surface area (Å²) < 4.78 is 0. The van der Waals surface area contributed by atoms with Gasteiger partial charge < -0.3 is 10.6 Å². The second-order valence-electron chi connectivity index (χ2n) is 6.59. The Morgan fingerprint density at radius 2 is 2.04 bits per heavy atom. The number of carbonyl (C=O) groups is 1. The van der Waals surface area contributed by atoms with Gasteiger partial charge in [-0.2, -0.15) is 0 Å². The maximum atomic E-state index is 12.6. The van der Waals surface area contributed by atoms with E-state index in [0.717, 1.165) is 58.4 Å². The third-order valence-corrected chi connectivity index (χ3v) is 4.88. The van der Waals surface area contributed by atoms with Gasteiger partial charge in [-0.1, -0.05) is 12.5 Å². The maximum absolute atomic E-state index is 12.6. The molecule has 2 N–H and O–H groups in total. The summed E-state index contributed by atoms with van der Waals surface area (Å²) in [6.45, 7) is 4.48. The zero-order valence-electron chi connectivity index (χ0n) is 13.6. The molecule has 23 heavy (non-hydrogen) atoms. The van der Waals surface area contributed by atoms with E-state index in [4.69, 9.17) is 5.73 Å². The van der Waals surface area contributed by atoms with Crippen molar-refractivity contribution >= 4 is 18.3 Å². The van der Waals surface area contributed by atoms with Crippen LogP contribution in [-0.4, -0.2) is 52.9 Å². The topological polar surface area (TPSA) is 62.5 Å². The first-order valence-corrected chi connectivity index (χ1v) is 8.38. The number of pyridine rings is 1. The summed E-state index contributed by atoms with van der Waals surface area (Å²) in [6.07, 6.45) is 7.77. The molecule has 2 aliphatic rings. The predicted molar refractivity (Wildman–Crippen MR) is 93.3 cm³/mol. The molecule has 128 valence electrons. The number of carbonyl (C=O) groups excluding carboxylic acids is 1. The fourth-order valence-electron chi connectivity index (χ4n) is 3.59. The maximum Gasteiger partial charge on any atom is 0.225 e. The second-order valence-corrected chi connectivity index (χ2v) is 6.59. The molecule has 0 aromatic carbocycles. The number of aromatic nitrogens is 1. The summed E-state index contributed by atoms with van der Waals surface area (Å²) in [5.74, 6) is 0.491. The zero-order chi connectivity index (χ0) is 15.4. The third-order valence-electron chi connectivity index (χ3n) is 4.88. The minimum absolute atomic E-state index is 0. The second kappa shape index (κ2) is 8.62. The van der Waals surface area contributed by atoms with Crippen LogP contribution < -0.4 is 5.73 Å². The molecule has 1 aromatic heterocycles. The van der Waals surface area contributed by atoms with Crippen molar-refractivity contribution in [2.75, 3.05) is 26.2 Å². The molecule has 2 heterocycles. The molecule has 2 fully saturated rings. The van der Waals surface area contributed by atoms with Crippen molar-refractivity contribution in [1.82, 2.24) is 14.8 Å². The van der Waals surface area contributed by atoms with E-state index >= 15 is 0 Å². The number of rotatable bonds is 3. The number of nitrogens with zero attached hydrogens (tertiary/aromatic N) is 3. The number of amides is 1. The molecule has 1 saturated heterocycles. The van der Waals surface area contributed by atoms with Gasteiger partial charge in [-0.15, -0.1) is 12.4 Å². The number of hydrogen-bond donors (Lipinski definition) is 1. The smallest absolute Gasteiger partial charge is 0.225 e. The lowest BCUT2D eigenvalue weighted by Crippen LogP contribution is -2.50. The summed E-state index contributed by atoms with van der Waals surface area (Å²) in [4.78, 5) is 21.2. The molecule has 5 nitrogen and oxygen atoms in total. The molecule has 3 rings (SSSR count). The monoisotopic (exact) mass is 338 g/mol. The van der Waals surface area contributed by atoms with Crippen LogP contribution in [0.1, 0.15) is 31.2 Å². The van der Waals surface area contributed by atoms with Gasteiger partial charge in [0.25, 0.3) is 0 Å². The first kappa shape index (κ1) is 18.2. The van der Waals surface area contributed by atoms with Gasteiger partial charge in [-0.05, 0) is 30.9 Å². The Hall–Kier alpha value is -1.17. The van der Waals surface area contributed by atoms with E-state index in [0.29, 0.717) is 5.91 Å². The van der Waals surface area contributed by atoms with Gasteiger partial charge in [0.1, 0.15) is 0 Å². The molecule has 1 amide bonds. The summed E-state index contributed by atoms with van der Waals surface area (Å²) in [5.41, 5.74) is 7.25. The molecular formula is C17H27ClN4O. The van der Waals surface area contributed by atoms with E-state index in [1.165, 1.54) is 5.56 Å². The van der Waals surface area contributed by atoms with Gasteiger partial charge in [0.15, 0.2) is 0 Å². The number of nitrogens with two attached hydrogens (primary N) is 1. The average Bonchev–Trinajstić information content (AvgIpc) is 2.56. The molecule has 0 radical (unpaired) electrons. The highest BCUT2D eigenvalue weighted by molar-refractivity contribution is 5.85. The van der Waals surface area contributed by atoms with Gasteiger partial charge in [0.2, 0.25) is 5.91 Å². The molecule has 1 aliphatic carbocycles. The highest BCUT2D eigenvalue weighted by Gasteiger charge is 2.30. The van der Waals surface area contributed by atoms with Crippen molar-refractivity contribution in [2.24, 2.45) is 11.7 Å². The molecule has 6 heteroatoms. The van der Waals surface area contributed by atoms with E-state index in [1.54, 1.807) is 6.20 Å². The Balaban J connectivity index is 0.00000192. The Morgan fingerprint density at radius 1 is 1.26 bits per heavy atom. The van der Waals surface area contributed by atoms with E-state index in [2.05, 4.69) is 16.0 Å². The normalized spacial score (nSPS) is 25.7. The van der Waals surface area contributed by atoms with Crippen LogP contribution in [0.15, 0.2) is 24.5 Å². The highest BCUT2D eigenvalue weighted by atomic mass is 35.5. The molecule has 1 aliphatic heterocycles. The van der Waals surface area contributed by atoms with Gasteiger partial charge in [-0.25, -0.2) is 0 Å². The largest absolute Gasteiger partial charge is 0.340 e. The Bertz CT molecular complexity index is 491. The number of halogens is 1. The predicted octanol–water partition coefficient (Wildman–Crippen LogP) is 1.67. The summed E-state index contributed by atoms with van der Waals surface area (Å²) in [7, 11) is 0.